The number of hydrogen-bond acceptors (Lipinski definition) is 4. The average molecular weight is 207 g/mol. The van der Waals surface area contributed by atoms with Gasteiger partial charge in [-0.05, 0) is 17.7 Å². The van der Waals surface area contributed by atoms with Crippen molar-refractivity contribution in [3.63, 3.8) is 0 Å². The van der Waals surface area contributed by atoms with Gasteiger partial charge in [-0.2, -0.15) is 0 Å². The number of ether oxygens (including phenoxy) is 1. The predicted octanol–water partition coefficient (Wildman–Crippen LogP) is 0.373. The van der Waals surface area contributed by atoms with Crippen LogP contribution in [0.25, 0.3) is 0 Å². The maximum absolute atomic E-state index is 5.59. The fourth-order valence-electron chi connectivity index (χ4n) is 1.73. The summed E-state index contributed by atoms with van der Waals surface area (Å²) in [6, 6.07) is 4.04. The zero-order valence-electron chi connectivity index (χ0n) is 8.85. The largest absolute Gasteiger partial charge is 0.379 e. The summed E-state index contributed by atoms with van der Waals surface area (Å²) in [6.07, 6.45) is 1.83. The molecule has 1 fully saturated rings. The molecular weight excluding hydrogens is 190 g/mol. The van der Waals surface area contributed by atoms with Gasteiger partial charge in [-0.3, -0.25) is 9.88 Å². The average Bonchev–Trinajstić information content (AvgIpc) is 2.31. The number of rotatable bonds is 3. The van der Waals surface area contributed by atoms with E-state index in [-0.39, 0.29) is 0 Å². The standard InChI is InChI=1S/C11H17N3O/c12-8-10-1-2-13-11(7-10)9-14-3-5-15-6-4-14/h1-2,7H,3-6,8-9,12H2. The summed E-state index contributed by atoms with van der Waals surface area (Å²) in [5.41, 5.74) is 7.83. The topological polar surface area (TPSA) is 51.4 Å². The molecule has 0 radical (unpaired) electrons. The van der Waals surface area contributed by atoms with Crippen LogP contribution < -0.4 is 5.73 Å². The second kappa shape index (κ2) is 5.21. The predicted molar refractivity (Wildman–Crippen MR) is 58.2 cm³/mol. The van der Waals surface area contributed by atoms with Crippen molar-refractivity contribution in [1.82, 2.24) is 9.88 Å². The minimum atomic E-state index is 0.582. The van der Waals surface area contributed by atoms with Gasteiger partial charge >= 0.3 is 0 Å². The highest BCUT2D eigenvalue weighted by Gasteiger charge is 2.11. The molecule has 4 nitrogen and oxygen atoms in total. The Morgan fingerprint density at radius 2 is 2.20 bits per heavy atom. The van der Waals surface area contributed by atoms with Crippen LogP contribution in [0.1, 0.15) is 11.3 Å². The van der Waals surface area contributed by atoms with E-state index in [2.05, 4.69) is 16.0 Å². The second-order valence-electron chi connectivity index (χ2n) is 3.75. The Labute approximate surface area is 90.0 Å². The van der Waals surface area contributed by atoms with Gasteiger partial charge in [0.2, 0.25) is 0 Å². The Balaban J connectivity index is 1.96. The van der Waals surface area contributed by atoms with Gasteiger partial charge in [0, 0.05) is 32.4 Å². The Morgan fingerprint density at radius 1 is 1.40 bits per heavy atom. The van der Waals surface area contributed by atoms with E-state index in [0.717, 1.165) is 44.1 Å². The van der Waals surface area contributed by atoms with Crippen LogP contribution in [-0.4, -0.2) is 36.2 Å². The Kier molecular flexibility index (Phi) is 3.66. The maximum atomic E-state index is 5.59. The fraction of sp³-hybridized carbons (Fsp3) is 0.545. The van der Waals surface area contributed by atoms with Gasteiger partial charge in [-0.1, -0.05) is 0 Å². The minimum absolute atomic E-state index is 0.582. The molecule has 0 aromatic carbocycles. The third kappa shape index (κ3) is 2.99. The molecule has 1 aliphatic rings. The molecule has 2 N–H and O–H groups in total. The van der Waals surface area contributed by atoms with Crippen LogP contribution in [0.3, 0.4) is 0 Å². The van der Waals surface area contributed by atoms with E-state index in [1.807, 2.05) is 12.3 Å². The van der Waals surface area contributed by atoms with E-state index < -0.39 is 0 Å². The smallest absolute Gasteiger partial charge is 0.0594 e. The van der Waals surface area contributed by atoms with Crippen molar-refractivity contribution in [1.29, 1.82) is 0 Å². The number of nitrogens with zero attached hydrogens (tertiary/aromatic N) is 2. The first-order valence-electron chi connectivity index (χ1n) is 5.32. The molecule has 1 saturated heterocycles. The third-order valence-electron chi connectivity index (χ3n) is 2.61. The number of aromatic nitrogens is 1. The maximum Gasteiger partial charge on any atom is 0.0594 e. The molecular formula is C11H17N3O. The fourth-order valence-corrected chi connectivity index (χ4v) is 1.73. The molecule has 0 bridgehead atoms. The summed E-state index contributed by atoms with van der Waals surface area (Å²) in [4.78, 5) is 6.70. The van der Waals surface area contributed by atoms with Crippen LogP contribution in [0.15, 0.2) is 18.3 Å². The van der Waals surface area contributed by atoms with Gasteiger partial charge in [0.05, 0.1) is 18.9 Å². The SMILES string of the molecule is NCc1ccnc(CN2CCOCC2)c1. The molecule has 2 rings (SSSR count). The first kappa shape index (κ1) is 10.5. The lowest BCUT2D eigenvalue weighted by Crippen LogP contribution is -2.35. The second-order valence-corrected chi connectivity index (χ2v) is 3.75. The van der Waals surface area contributed by atoms with Crippen LogP contribution in [0.4, 0.5) is 0 Å². The van der Waals surface area contributed by atoms with Crippen molar-refractivity contribution in [2.24, 2.45) is 5.73 Å². The summed E-state index contributed by atoms with van der Waals surface area (Å²) in [7, 11) is 0. The zero-order chi connectivity index (χ0) is 10.5. The van der Waals surface area contributed by atoms with Crippen LogP contribution >= 0.6 is 0 Å². The number of hydrogen-bond donors (Lipinski definition) is 1. The zero-order valence-corrected chi connectivity index (χ0v) is 8.85. The highest BCUT2D eigenvalue weighted by atomic mass is 16.5. The third-order valence-corrected chi connectivity index (χ3v) is 2.61. The highest BCUT2D eigenvalue weighted by molar-refractivity contribution is 5.15. The van der Waals surface area contributed by atoms with Crippen molar-refractivity contribution in [3.05, 3.63) is 29.6 Å². The van der Waals surface area contributed by atoms with Crippen LogP contribution in [-0.2, 0) is 17.8 Å². The molecule has 0 unspecified atom stereocenters. The van der Waals surface area contributed by atoms with Crippen molar-refractivity contribution in [2.75, 3.05) is 26.3 Å². The van der Waals surface area contributed by atoms with Gasteiger partial charge < -0.3 is 10.5 Å². The van der Waals surface area contributed by atoms with Gasteiger partial charge in [0.15, 0.2) is 0 Å². The molecule has 0 amide bonds. The quantitative estimate of drug-likeness (QED) is 0.778. The Hall–Kier alpha value is -0.970. The molecule has 1 aromatic heterocycles. The number of nitrogens with two attached hydrogens (primary N) is 1. The lowest BCUT2D eigenvalue weighted by molar-refractivity contribution is 0.0336. The van der Waals surface area contributed by atoms with Gasteiger partial charge in [-0.25, -0.2) is 0 Å². The summed E-state index contributed by atoms with van der Waals surface area (Å²) in [5.74, 6) is 0. The minimum Gasteiger partial charge on any atom is -0.379 e. The van der Waals surface area contributed by atoms with Crippen molar-refractivity contribution in [3.8, 4) is 0 Å². The summed E-state index contributed by atoms with van der Waals surface area (Å²) in [6.45, 7) is 5.13. The summed E-state index contributed by atoms with van der Waals surface area (Å²) < 4.78 is 5.30. The van der Waals surface area contributed by atoms with Crippen molar-refractivity contribution >= 4 is 0 Å². The number of morpholine rings is 1. The van der Waals surface area contributed by atoms with Crippen LogP contribution in [0.5, 0.6) is 0 Å². The van der Waals surface area contributed by atoms with Gasteiger partial charge in [0.25, 0.3) is 0 Å². The molecule has 1 aromatic rings. The molecule has 0 atom stereocenters. The van der Waals surface area contributed by atoms with E-state index in [9.17, 15) is 0 Å². The summed E-state index contributed by atoms with van der Waals surface area (Å²) in [5, 5.41) is 0. The molecule has 0 spiro atoms. The van der Waals surface area contributed by atoms with Crippen molar-refractivity contribution < 1.29 is 4.74 Å². The van der Waals surface area contributed by atoms with E-state index in [4.69, 9.17) is 10.5 Å². The van der Waals surface area contributed by atoms with E-state index in [1.165, 1.54) is 0 Å². The lowest BCUT2D eigenvalue weighted by Gasteiger charge is -2.26. The Morgan fingerprint density at radius 3 is 2.93 bits per heavy atom. The van der Waals surface area contributed by atoms with Crippen molar-refractivity contribution in [2.45, 2.75) is 13.1 Å². The van der Waals surface area contributed by atoms with E-state index >= 15 is 0 Å². The molecule has 4 heteroatoms. The number of pyridine rings is 1. The molecule has 82 valence electrons. The first-order chi connectivity index (χ1) is 7.38. The lowest BCUT2D eigenvalue weighted by atomic mass is 10.2. The van der Waals surface area contributed by atoms with Gasteiger partial charge in [-0.15, -0.1) is 0 Å². The monoisotopic (exact) mass is 207 g/mol. The molecule has 1 aliphatic heterocycles. The highest BCUT2D eigenvalue weighted by Crippen LogP contribution is 2.06. The van der Waals surface area contributed by atoms with E-state index in [0.29, 0.717) is 6.54 Å². The first-order valence-corrected chi connectivity index (χ1v) is 5.32. The normalized spacial score (nSPS) is 17.9. The molecule has 2 heterocycles. The van der Waals surface area contributed by atoms with E-state index in [1.54, 1.807) is 0 Å². The molecule has 0 aliphatic carbocycles. The van der Waals surface area contributed by atoms with Gasteiger partial charge in [0.1, 0.15) is 0 Å². The van der Waals surface area contributed by atoms with Crippen LogP contribution in [0, 0.1) is 0 Å². The summed E-state index contributed by atoms with van der Waals surface area (Å²) >= 11 is 0. The Bertz CT molecular complexity index is 310. The molecule has 0 saturated carbocycles. The van der Waals surface area contributed by atoms with Crippen LogP contribution in [0.2, 0.25) is 0 Å². The molecule has 15 heavy (non-hydrogen) atoms.